The zero-order chi connectivity index (χ0) is 13.0. The van der Waals surface area contributed by atoms with Gasteiger partial charge in [-0.15, -0.1) is 0 Å². The van der Waals surface area contributed by atoms with Crippen LogP contribution >= 0.6 is 15.9 Å². The number of carbonyl (C=O) groups is 1. The molecule has 2 rings (SSSR count). The van der Waals surface area contributed by atoms with Crippen molar-refractivity contribution in [2.24, 2.45) is 5.10 Å². The highest BCUT2D eigenvalue weighted by molar-refractivity contribution is 9.10. The molecule has 0 unspecified atom stereocenters. The molecule has 2 aromatic heterocycles. The number of aromatic nitrogens is 1. The Hall–Kier alpha value is -1.95. The van der Waals surface area contributed by atoms with Gasteiger partial charge in [0.1, 0.15) is 11.5 Å². The van der Waals surface area contributed by atoms with E-state index in [0.29, 0.717) is 11.3 Å². The maximum absolute atomic E-state index is 11.6. The molecule has 5 nitrogen and oxygen atoms in total. The fraction of sp³-hybridized carbons (Fsp3) is 0.0833. The minimum atomic E-state index is -0.318. The highest BCUT2D eigenvalue weighted by Crippen LogP contribution is 2.18. The minimum Gasteiger partial charge on any atom is -0.459 e. The molecule has 0 aliphatic carbocycles. The van der Waals surface area contributed by atoms with E-state index in [0.717, 1.165) is 10.2 Å². The first-order valence-corrected chi connectivity index (χ1v) is 5.95. The normalized spacial score (nSPS) is 10.8. The van der Waals surface area contributed by atoms with E-state index >= 15 is 0 Å². The summed E-state index contributed by atoms with van der Waals surface area (Å²) in [5.74, 6) is 1.00. The topological polar surface area (TPSA) is 67.5 Å². The smallest absolute Gasteiger partial charge is 0.272 e. The van der Waals surface area contributed by atoms with Gasteiger partial charge in [0.05, 0.1) is 16.3 Å². The molecule has 0 spiro atoms. The van der Waals surface area contributed by atoms with Crippen molar-refractivity contribution in [1.29, 1.82) is 0 Å². The van der Waals surface area contributed by atoms with Gasteiger partial charge in [0, 0.05) is 18.5 Å². The molecule has 0 bridgehead atoms. The molecule has 2 aromatic rings. The molecule has 1 N–H and O–H groups in total. The first-order chi connectivity index (χ1) is 8.66. The second-order valence-corrected chi connectivity index (χ2v) is 4.35. The van der Waals surface area contributed by atoms with Crippen molar-refractivity contribution in [3.05, 3.63) is 52.1 Å². The number of rotatable bonds is 3. The lowest BCUT2D eigenvalue weighted by atomic mass is 10.3. The Morgan fingerprint density at radius 1 is 1.61 bits per heavy atom. The van der Waals surface area contributed by atoms with Crippen molar-refractivity contribution in [3.8, 4) is 0 Å². The Bertz CT molecular complexity index is 559. The third-order valence-electron chi connectivity index (χ3n) is 2.16. The number of hydrogen-bond donors (Lipinski definition) is 1. The largest absolute Gasteiger partial charge is 0.459 e. The fourth-order valence-corrected chi connectivity index (χ4v) is 1.57. The molecule has 0 aliphatic rings. The number of aryl methyl sites for hydroxylation is 1. The SMILES string of the molecule is Cc1oc(/C=N/NC(=O)c2cccnc2)cc1Br. The number of nitrogens with zero attached hydrogens (tertiary/aromatic N) is 2. The number of nitrogens with one attached hydrogen (secondary N) is 1. The van der Waals surface area contributed by atoms with Crippen LogP contribution in [-0.2, 0) is 0 Å². The van der Waals surface area contributed by atoms with Gasteiger partial charge in [0.2, 0.25) is 0 Å². The zero-order valence-corrected chi connectivity index (χ0v) is 11.1. The van der Waals surface area contributed by atoms with Crippen LogP contribution < -0.4 is 5.43 Å². The van der Waals surface area contributed by atoms with E-state index in [1.54, 1.807) is 24.4 Å². The van der Waals surface area contributed by atoms with Crippen molar-refractivity contribution >= 4 is 28.1 Å². The van der Waals surface area contributed by atoms with Crippen LogP contribution in [0.1, 0.15) is 21.9 Å². The molecule has 0 fully saturated rings. The van der Waals surface area contributed by atoms with E-state index in [9.17, 15) is 4.79 Å². The lowest BCUT2D eigenvalue weighted by molar-refractivity contribution is 0.0955. The summed E-state index contributed by atoms with van der Waals surface area (Å²) in [5, 5.41) is 3.81. The number of hydrazone groups is 1. The second-order valence-electron chi connectivity index (χ2n) is 3.49. The summed E-state index contributed by atoms with van der Waals surface area (Å²) in [5.41, 5.74) is 2.84. The quantitative estimate of drug-likeness (QED) is 0.700. The summed E-state index contributed by atoms with van der Waals surface area (Å²) >= 11 is 3.32. The van der Waals surface area contributed by atoms with Crippen molar-refractivity contribution in [3.63, 3.8) is 0 Å². The number of carbonyl (C=O) groups excluding carboxylic acids is 1. The van der Waals surface area contributed by atoms with Crippen LogP contribution in [0.2, 0.25) is 0 Å². The van der Waals surface area contributed by atoms with E-state index in [-0.39, 0.29) is 5.91 Å². The standard InChI is InChI=1S/C12H10BrN3O2/c1-8-11(13)5-10(18-8)7-15-16-12(17)9-3-2-4-14-6-9/h2-7H,1H3,(H,16,17)/b15-7+. The molecule has 18 heavy (non-hydrogen) atoms. The van der Waals surface area contributed by atoms with Crippen molar-refractivity contribution < 1.29 is 9.21 Å². The first-order valence-electron chi connectivity index (χ1n) is 5.16. The summed E-state index contributed by atoms with van der Waals surface area (Å²) in [4.78, 5) is 15.5. The van der Waals surface area contributed by atoms with Crippen LogP contribution in [0.4, 0.5) is 0 Å². The molecule has 0 saturated heterocycles. The van der Waals surface area contributed by atoms with Crippen LogP contribution in [0.3, 0.4) is 0 Å². The van der Waals surface area contributed by atoms with Gasteiger partial charge in [-0.25, -0.2) is 5.43 Å². The van der Waals surface area contributed by atoms with Gasteiger partial charge in [-0.2, -0.15) is 5.10 Å². The summed E-state index contributed by atoms with van der Waals surface area (Å²) in [7, 11) is 0. The van der Waals surface area contributed by atoms with E-state index in [2.05, 4.69) is 31.4 Å². The van der Waals surface area contributed by atoms with Gasteiger partial charge in [-0.05, 0) is 35.0 Å². The number of furan rings is 1. The molecule has 0 aliphatic heterocycles. The molecule has 2 heterocycles. The summed E-state index contributed by atoms with van der Waals surface area (Å²) < 4.78 is 6.21. The van der Waals surface area contributed by atoms with E-state index in [4.69, 9.17) is 4.42 Å². The molecule has 0 atom stereocenters. The van der Waals surface area contributed by atoms with Crippen molar-refractivity contribution in [2.75, 3.05) is 0 Å². The number of pyridine rings is 1. The Morgan fingerprint density at radius 2 is 2.44 bits per heavy atom. The Labute approximate surface area is 112 Å². The summed E-state index contributed by atoms with van der Waals surface area (Å²) in [6.07, 6.45) is 4.51. The van der Waals surface area contributed by atoms with Crippen LogP contribution in [0, 0.1) is 6.92 Å². The van der Waals surface area contributed by atoms with E-state index in [1.807, 2.05) is 6.92 Å². The lowest BCUT2D eigenvalue weighted by Crippen LogP contribution is -2.17. The minimum absolute atomic E-state index is 0.318. The Morgan fingerprint density at radius 3 is 3.06 bits per heavy atom. The Balaban J connectivity index is 1.98. The van der Waals surface area contributed by atoms with Crippen LogP contribution in [0.15, 0.2) is 44.6 Å². The van der Waals surface area contributed by atoms with Gasteiger partial charge in [0.15, 0.2) is 0 Å². The molecule has 6 heteroatoms. The monoisotopic (exact) mass is 307 g/mol. The number of halogens is 1. The summed E-state index contributed by atoms with van der Waals surface area (Å²) in [6, 6.07) is 5.12. The molecular formula is C12H10BrN3O2. The van der Waals surface area contributed by atoms with E-state index < -0.39 is 0 Å². The first kappa shape index (κ1) is 12.5. The van der Waals surface area contributed by atoms with Gasteiger partial charge < -0.3 is 4.42 Å². The third kappa shape index (κ3) is 3.04. The third-order valence-corrected chi connectivity index (χ3v) is 2.95. The van der Waals surface area contributed by atoms with Crippen LogP contribution in [-0.4, -0.2) is 17.1 Å². The molecule has 1 amide bonds. The fourth-order valence-electron chi connectivity index (χ4n) is 1.26. The predicted octanol–water partition coefficient (Wildman–Crippen LogP) is 2.51. The maximum atomic E-state index is 11.6. The summed E-state index contributed by atoms with van der Waals surface area (Å²) in [6.45, 7) is 1.83. The second kappa shape index (κ2) is 5.59. The average Bonchev–Trinajstić information content (AvgIpc) is 2.69. The lowest BCUT2D eigenvalue weighted by Gasteiger charge is -1.97. The number of amides is 1. The van der Waals surface area contributed by atoms with Gasteiger partial charge in [0.25, 0.3) is 5.91 Å². The average molecular weight is 308 g/mol. The Kier molecular flexibility index (Phi) is 3.88. The highest BCUT2D eigenvalue weighted by atomic mass is 79.9. The molecule has 0 aromatic carbocycles. The van der Waals surface area contributed by atoms with Crippen molar-refractivity contribution in [1.82, 2.24) is 10.4 Å². The predicted molar refractivity (Wildman–Crippen MR) is 70.4 cm³/mol. The van der Waals surface area contributed by atoms with Gasteiger partial charge in [-0.1, -0.05) is 0 Å². The van der Waals surface area contributed by atoms with Gasteiger partial charge >= 0.3 is 0 Å². The number of hydrogen-bond acceptors (Lipinski definition) is 4. The molecule has 92 valence electrons. The van der Waals surface area contributed by atoms with Crippen LogP contribution in [0.5, 0.6) is 0 Å². The van der Waals surface area contributed by atoms with Gasteiger partial charge in [-0.3, -0.25) is 9.78 Å². The van der Waals surface area contributed by atoms with Crippen LogP contribution in [0.25, 0.3) is 0 Å². The maximum Gasteiger partial charge on any atom is 0.272 e. The molecule has 0 radical (unpaired) electrons. The van der Waals surface area contributed by atoms with Crippen molar-refractivity contribution in [2.45, 2.75) is 6.92 Å². The molecular weight excluding hydrogens is 298 g/mol. The highest BCUT2D eigenvalue weighted by Gasteiger charge is 2.04. The molecule has 0 saturated carbocycles. The van der Waals surface area contributed by atoms with E-state index in [1.165, 1.54) is 12.4 Å². The zero-order valence-electron chi connectivity index (χ0n) is 9.55.